The van der Waals surface area contributed by atoms with E-state index >= 15 is 0 Å². The number of anilines is 1. The molecule has 2 aromatic carbocycles. The molecule has 0 spiro atoms. The van der Waals surface area contributed by atoms with Crippen molar-refractivity contribution in [2.24, 2.45) is 0 Å². The van der Waals surface area contributed by atoms with E-state index < -0.39 is 0 Å². The van der Waals surface area contributed by atoms with E-state index in [-0.39, 0.29) is 11.9 Å². The van der Waals surface area contributed by atoms with Crippen molar-refractivity contribution in [3.8, 4) is 0 Å². The minimum atomic E-state index is -0.0679. The van der Waals surface area contributed by atoms with Crippen LogP contribution in [0.5, 0.6) is 0 Å². The molecule has 1 amide bonds. The van der Waals surface area contributed by atoms with Gasteiger partial charge in [-0.2, -0.15) is 0 Å². The molecule has 0 bridgehead atoms. The second-order valence-electron chi connectivity index (χ2n) is 8.05. The molecule has 168 valence electrons. The van der Waals surface area contributed by atoms with Crippen LogP contribution in [0.15, 0.2) is 59.8 Å². The van der Waals surface area contributed by atoms with Gasteiger partial charge in [0.25, 0.3) is 5.91 Å². The molecular weight excluding hydrogens is 416 g/mol. The number of nitrogens with one attached hydrogen (secondary N) is 1. The SMILES string of the molecule is CCCN(C)c1nc(SCc2ccc(C(=O)NC(C)c3ccccc3)cc2)nc(C)c1C. The molecule has 0 fully saturated rings. The standard InChI is InChI=1S/C26H32N4OS/c1-6-16-30(5)24-18(2)19(3)28-26(29-24)32-17-21-12-14-23(15-13-21)25(31)27-20(4)22-10-8-7-9-11-22/h7-15,20H,6,16-17H2,1-5H3,(H,27,31). The number of aryl methyl sites for hydroxylation is 1. The zero-order chi connectivity index (χ0) is 23.1. The Balaban J connectivity index is 1.62. The summed E-state index contributed by atoms with van der Waals surface area (Å²) in [6.45, 7) is 9.24. The van der Waals surface area contributed by atoms with Gasteiger partial charge in [-0.1, -0.05) is 61.2 Å². The molecule has 0 aliphatic carbocycles. The van der Waals surface area contributed by atoms with Crippen LogP contribution in [0.2, 0.25) is 0 Å². The maximum absolute atomic E-state index is 12.6. The fourth-order valence-electron chi connectivity index (χ4n) is 3.47. The van der Waals surface area contributed by atoms with E-state index in [2.05, 4.69) is 36.1 Å². The maximum Gasteiger partial charge on any atom is 0.251 e. The average molecular weight is 449 g/mol. The number of hydrogen-bond donors (Lipinski definition) is 1. The number of hydrogen-bond acceptors (Lipinski definition) is 5. The number of carbonyl (C=O) groups excluding carboxylic acids is 1. The molecule has 1 heterocycles. The zero-order valence-corrected chi connectivity index (χ0v) is 20.4. The van der Waals surface area contributed by atoms with Gasteiger partial charge in [0.1, 0.15) is 5.82 Å². The van der Waals surface area contributed by atoms with Crippen LogP contribution in [-0.4, -0.2) is 29.5 Å². The summed E-state index contributed by atoms with van der Waals surface area (Å²) < 4.78 is 0. The first kappa shape index (κ1) is 23.8. The summed E-state index contributed by atoms with van der Waals surface area (Å²) >= 11 is 1.62. The molecule has 1 aromatic heterocycles. The average Bonchev–Trinajstić information content (AvgIpc) is 2.80. The first-order valence-corrected chi connectivity index (χ1v) is 12.0. The Morgan fingerprint density at radius 3 is 2.41 bits per heavy atom. The summed E-state index contributed by atoms with van der Waals surface area (Å²) in [5.74, 6) is 1.69. The van der Waals surface area contributed by atoms with Gasteiger partial charge < -0.3 is 10.2 Å². The highest BCUT2D eigenvalue weighted by Crippen LogP contribution is 2.26. The smallest absolute Gasteiger partial charge is 0.251 e. The van der Waals surface area contributed by atoms with Gasteiger partial charge in [0.15, 0.2) is 5.16 Å². The molecule has 0 aliphatic rings. The van der Waals surface area contributed by atoms with Crippen LogP contribution in [0, 0.1) is 13.8 Å². The van der Waals surface area contributed by atoms with Gasteiger partial charge in [-0.15, -0.1) is 0 Å². The van der Waals surface area contributed by atoms with Crippen molar-refractivity contribution in [3.05, 3.63) is 82.5 Å². The molecule has 0 radical (unpaired) electrons. The maximum atomic E-state index is 12.6. The second kappa shape index (κ2) is 11.1. The molecule has 0 aliphatic heterocycles. The Morgan fingerprint density at radius 1 is 1.06 bits per heavy atom. The molecule has 1 unspecified atom stereocenters. The van der Waals surface area contributed by atoms with Crippen molar-refractivity contribution >= 4 is 23.5 Å². The van der Waals surface area contributed by atoms with Crippen molar-refractivity contribution < 1.29 is 4.79 Å². The van der Waals surface area contributed by atoms with Gasteiger partial charge >= 0.3 is 0 Å². The lowest BCUT2D eigenvalue weighted by molar-refractivity contribution is 0.0940. The third kappa shape index (κ3) is 6.10. The molecule has 3 aromatic rings. The molecular formula is C26H32N4OS. The van der Waals surface area contributed by atoms with Crippen molar-refractivity contribution in [3.63, 3.8) is 0 Å². The molecule has 0 saturated carbocycles. The van der Waals surface area contributed by atoms with E-state index in [9.17, 15) is 4.79 Å². The molecule has 3 rings (SSSR count). The van der Waals surface area contributed by atoms with Crippen LogP contribution >= 0.6 is 11.8 Å². The van der Waals surface area contributed by atoms with Crippen molar-refractivity contribution in [1.29, 1.82) is 0 Å². The lowest BCUT2D eigenvalue weighted by atomic mass is 10.1. The monoisotopic (exact) mass is 448 g/mol. The molecule has 6 heteroatoms. The van der Waals surface area contributed by atoms with Crippen LogP contribution < -0.4 is 10.2 Å². The topological polar surface area (TPSA) is 58.1 Å². The summed E-state index contributed by atoms with van der Waals surface area (Å²) in [5, 5.41) is 3.84. The minimum absolute atomic E-state index is 0.0408. The third-order valence-corrected chi connectivity index (χ3v) is 6.41. The van der Waals surface area contributed by atoms with Gasteiger partial charge in [-0.25, -0.2) is 9.97 Å². The quantitative estimate of drug-likeness (QED) is 0.335. The molecule has 1 atom stereocenters. The Hall–Kier alpha value is -2.86. The summed E-state index contributed by atoms with van der Waals surface area (Å²) in [5.41, 5.74) is 5.03. The molecule has 5 nitrogen and oxygen atoms in total. The number of amides is 1. The number of rotatable bonds is 9. The van der Waals surface area contributed by atoms with Crippen LogP contribution in [-0.2, 0) is 5.75 Å². The Bertz CT molecular complexity index is 1040. The van der Waals surface area contributed by atoms with Crippen LogP contribution in [0.3, 0.4) is 0 Å². The lowest BCUT2D eigenvalue weighted by Crippen LogP contribution is -2.26. The van der Waals surface area contributed by atoms with Crippen molar-refractivity contribution in [2.75, 3.05) is 18.5 Å². The fourth-order valence-corrected chi connectivity index (χ4v) is 4.31. The Labute approximate surface area is 195 Å². The number of benzene rings is 2. The Kier molecular flexibility index (Phi) is 8.28. The largest absolute Gasteiger partial charge is 0.359 e. The van der Waals surface area contributed by atoms with E-state index in [1.165, 1.54) is 0 Å². The lowest BCUT2D eigenvalue weighted by Gasteiger charge is -2.20. The fraction of sp³-hybridized carbons (Fsp3) is 0.346. The highest BCUT2D eigenvalue weighted by molar-refractivity contribution is 7.98. The predicted octanol–water partition coefficient (Wildman–Crippen LogP) is 5.72. The predicted molar refractivity (Wildman–Crippen MR) is 133 cm³/mol. The second-order valence-corrected chi connectivity index (χ2v) is 9.00. The minimum Gasteiger partial charge on any atom is -0.359 e. The van der Waals surface area contributed by atoms with Gasteiger partial charge in [0.05, 0.1) is 6.04 Å². The highest BCUT2D eigenvalue weighted by atomic mass is 32.2. The first-order chi connectivity index (χ1) is 15.4. The summed E-state index contributed by atoms with van der Waals surface area (Å²) in [7, 11) is 2.08. The molecule has 1 N–H and O–H groups in total. The molecule has 0 saturated heterocycles. The van der Waals surface area contributed by atoms with E-state index in [0.29, 0.717) is 5.56 Å². The molecule has 32 heavy (non-hydrogen) atoms. The van der Waals surface area contributed by atoms with Gasteiger partial charge in [-0.3, -0.25) is 4.79 Å². The number of thioether (sulfide) groups is 1. The van der Waals surface area contributed by atoms with Gasteiger partial charge in [0, 0.05) is 36.2 Å². The highest BCUT2D eigenvalue weighted by Gasteiger charge is 2.13. The van der Waals surface area contributed by atoms with Gasteiger partial charge in [-0.05, 0) is 50.5 Å². The zero-order valence-electron chi connectivity index (χ0n) is 19.6. The first-order valence-electron chi connectivity index (χ1n) is 11.0. The van der Waals surface area contributed by atoms with E-state index in [4.69, 9.17) is 4.98 Å². The van der Waals surface area contributed by atoms with Crippen LogP contribution in [0.25, 0.3) is 0 Å². The van der Waals surface area contributed by atoms with Crippen molar-refractivity contribution in [2.45, 2.75) is 51.1 Å². The van der Waals surface area contributed by atoms with Gasteiger partial charge in [0.2, 0.25) is 0 Å². The third-order valence-electron chi connectivity index (χ3n) is 5.49. The summed E-state index contributed by atoms with van der Waals surface area (Å²) in [4.78, 5) is 24.2. The summed E-state index contributed by atoms with van der Waals surface area (Å²) in [6.07, 6.45) is 1.07. The van der Waals surface area contributed by atoms with E-state index in [1.54, 1.807) is 11.8 Å². The van der Waals surface area contributed by atoms with E-state index in [1.807, 2.05) is 68.4 Å². The van der Waals surface area contributed by atoms with Crippen LogP contribution in [0.4, 0.5) is 5.82 Å². The Morgan fingerprint density at radius 2 is 1.75 bits per heavy atom. The number of nitrogens with zero attached hydrogens (tertiary/aromatic N) is 3. The van der Waals surface area contributed by atoms with E-state index in [0.717, 1.165) is 52.1 Å². The van der Waals surface area contributed by atoms with Crippen LogP contribution in [0.1, 0.15) is 59.1 Å². The summed E-state index contributed by atoms with van der Waals surface area (Å²) in [6, 6.07) is 17.7. The normalized spacial score (nSPS) is 11.8. The number of carbonyl (C=O) groups is 1. The number of aromatic nitrogens is 2. The van der Waals surface area contributed by atoms with Crippen molar-refractivity contribution in [1.82, 2.24) is 15.3 Å².